The van der Waals surface area contributed by atoms with Crippen molar-refractivity contribution in [3.63, 3.8) is 0 Å². The van der Waals surface area contributed by atoms with Gasteiger partial charge < -0.3 is 5.73 Å². The third-order valence-corrected chi connectivity index (χ3v) is 2.41. The molecule has 1 aromatic carbocycles. The monoisotopic (exact) mass is 240 g/mol. The van der Waals surface area contributed by atoms with Crippen LogP contribution in [0, 0.1) is 0 Å². The zero-order valence-electron chi connectivity index (χ0n) is 9.16. The van der Waals surface area contributed by atoms with Crippen LogP contribution in [-0.4, -0.2) is 24.9 Å². The number of hydrogen-bond donors (Lipinski definition) is 2. The van der Waals surface area contributed by atoms with E-state index in [1.807, 2.05) is 0 Å². The minimum atomic E-state index is -0.531. The van der Waals surface area contributed by atoms with Crippen molar-refractivity contribution in [3.05, 3.63) is 41.1 Å². The molecule has 2 aromatic heterocycles. The molecule has 0 atom stereocenters. The molecule has 0 fully saturated rings. The summed E-state index contributed by atoms with van der Waals surface area (Å²) in [7, 11) is 0. The van der Waals surface area contributed by atoms with Crippen molar-refractivity contribution < 1.29 is 0 Å². The van der Waals surface area contributed by atoms with E-state index in [-0.39, 0.29) is 5.95 Å². The Balaban J connectivity index is 2.22. The quantitative estimate of drug-likeness (QED) is 0.635. The molecule has 7 heteroatoms. The molecule has 0 aliphatic rings. The van der Waals surface area contributed by atoms with E-state index in [4.69, 9.17) is 5.73 Å². The van der Waals surface area contributed by atoms with Crippen molar-refractivity contribution in [2.24, 2.45) is 0 Å². The summed E-state index contributed by atoms with van der Waals surface area (Å²) in [5.74, 6) is 0.299. The third-order valence-electron chi connectivity index (χ3n) is 2.41. The molecule has 2 heterocycles. The van der Waals surface area contributed by atoms with Gasteiger partial charge in [0.15, 0.2) is 0 Å². The topological polar surface area (TPSA) is 110 Å². The van der Waals surface area contributed by atoms with E-state index in [0.717, 1.165) is 5.52 Å². The second-order valence-corrected chi connectivity index (χ2v) is 3.62. The highest BCUT2D eigenvalue weighted by Gasteiger charge is 2.05. The van der Waals surface area contributed by atoms with E-state index in [0.29, 0.717) is 16.9 Å². The Kier molecular flexibility index (Phi) is 2.23. The van der Waals surface area contributed by atoms with Crippen LogP contribution in [0.2, 0.25) is 0 Å². The molecular formula is C11H8N6O. The van der Waals surface area contributed by atoms with E-state index >= 15 is 0 Å². The van der Waals surface area contributed by atoms with Crippen molar-refractivity contribution in [3.8, 4) is 11.4 Å². The van der Waals surface area contributed by atoms with Gasteiger partial charge in [0.05, 0.1) is 11.0 Å². The first kappa shape index (κ1) is 10.3. The summed E-state index contributed by atoms with van der Waals surface area (Å²) in [6.07, 6.45) is 3.22. The highest BCUT2D eigenvalue weighted by Crippen LogP contribution is 2.18. The summed E-state index contributed by atoms with van der Waals surface area (Å²) in [5.41, 5.74) is 7.10. The second-order valence-electron chi connectivity index (χ2n) is 3.62. The average molecular weight is 240 g/mol. The maximum absolute atomic E-state index is 11.2. The Morgan fingerprint density at radius 3 is 2.61 bits per heavy atom. The first-order chi connectivity index (χ1) is 8.72. The fraction of sp³-hybridized carbons (Fsp3) is 0. The van der Waals surface area contributed by atoms with Crippen LogP contribution in [-0.2, 0) is 0 Å². The second kappa shape index (κ2) is 3.88. The first-order valence-electron chi connectivity index (χ1n) is 5.17. The number of aromatic nitrogens is 5. The number of nitrogens with zero attached hydrogens (tertiary/aromatic N) is 4. The number of fused-ring (bicyclic) bond motifs is 1. The lowest BCUT2D eigenvalue weighted by atomic mass is 10.2. The number of aromatic amines is 1. The molecular weight excluding hydrogens is 232 g/mol. The molecule has 0 spiro atoms. The van der Waals surface area contributed by atoms with Crippen molar-refractivity contribution >= 4 is 17.0 Å². The molecule has 0 aliphatic carbocycles. The Bertz CT molecular complexity index is 782. The standard InChI is InChI=1S/C11H8N6O/c12-10-15-9(16-11(18)17-10)6-1-2-7-8(5-6)14-4-3-13-7/h1-5H,(H3,12,15,16,17,18). The molecule has 0 bridgehead atoms. The highest BCUT2D eigenvalue weighted by atomic mass is 16.1. The van der Waals surface area contributed by atoms with E-state index in [2.05, 4.69) is 24.9 Å². The number of rotatable bonds is 1. The molecule has 7 nitrogen and oxygen atoms in total. The van der Waals surface area contributed by atoms with E-state index in [9.17, 15) is 4.79 Å². The van der Waals surface area contributed by atoms with Gasteiger partial charge in [-0.3, -0.25) is 15.0 Å². The fourth-order valence-electron chi connectivity index (χ4n) is 1.65. The van der Waals surface area contributed by atoms with Gasteiger partial charge in [0.25, 0.3) is 0 Å². The van der Waals surface area contributed by atoms with Crippen LogP contribution >= 0.6 is 0 Å². The molecule has 88 valence electrons. The maximum Gasteiger partial charge on any atom is 0.349 e. The van der Waals surface area contributed by atoms with Gasteiger partial charge in [-0.15, -0.1) is 0 Å². The van der Waals surface area contributed by atoms with Crippen LogP contribution in [0.3, 0.4) is 0 Å². The molecule has 3 aromatic rings. The SMILES string of the molecule is Nc1nc(-c2ccc3nccnc3c2)[nH]c(=O)n1. The number of nitrogen functional groups attached to an aromatic ring is 1. The zero-order valence-corrected chi connectivity index (χ0v) is 9.16. The van der Waals surface area contributed by atoms with E-state index in [1.165, 1.54) is 0 Å². The first-order valence-corrected chi connectivity index (χ1v) is 5.17. The van der Waals surface area contributed by atoms with Crippen molar-refractivity contribution in [2.75, 3.05) is 5.73 Å². The average Bonchev–Trinajstić information content (AvgIpc) is 2.37. The fourth-order valence-corrected chi connectivity index (χ4v) is 1.65. The van der Waals surface area contributed by atoms with Gasteiger partial charge in [-0.05, 0) is 18.2 Å². The molecule has 18 heavy (non-hydrogen) atoms. The molecule has 3 rings (SSSR count). The van der Waals surface area contributed by atoms with Crippen LogP contribution in [0.5, 0.6) is 0 Å². The van der Waals surface area contributed by atoms with E-state index < -0.39 is 5.69 Å². The van der Waals surface area contributed by atoms with Gasteiger partial charge in [-0.25, -0.2) is 4.79 Å². The molecule has 0 saturated carbocycles. The smallest absolute Gasteiger partial charge is 0.349 e. The van der Waals surface area contributed by atoms with Crippen LogP contribution in [0.4, 0.5) is 5.95 Å². The van der Waals surface area contributed by atoms with Gasteiger partial charge in [0.2, 0.25) is 5.95 Å². The van der Waals surface area contributed by atoms with Crippen LogP contribution < -0.4 is 11.4 Å². The minimum absolute atomic E-state index is 0.0620. The molecule has 0 amide bonds. The van der Waals surface area contributed by atoms with Gasteiger partial charge in [0.1, 0.15) is 5.82 Å². The normalized spacial score (nSPS) is 10.7. The minimum Gasteiger partial charge on any atom is -0.368 e. The summed E-state index contributed by atoms with van der Waals surface area (Å²) in [4.78, 5) is 29.5. The Morgan fingerprint density at radius 1 is 1.06 bits per heavy atom. The summed E-state index contributed by atoms with van der Waals surface area (Å²) in [6.45, 7) is 0. The number of nitrogens with one attached hydrogen (secondary N) is 1. The van der Waals surface area contributed by atoms with Crippen LogP contribution in [0.25, 0.3) is 22.4 Å². The highest BCUT2D eigenvalue weighted by molar-refractivity contribution is 5.79. The summed E-state index contributed by atoms with van der Waals surface area (Å²) in [5, 5.41) is 0. The van der Waals surface area contributed by atoms with Gasteiger partial charge in [-0.2, -0.15) is 9.97 Å². The largest absolute Gasteiger partial charge is 0.368 e. The van der Waals surface area contributed by atoms with Gasteiger partial charge in [0, 0.05) is 18.0 Å². The molecule has 0 saturated heterocycles. The predicted molar refractivity (Wildman–Crippen MR) is 65.6 cm³/mol. The lowest BCUT2D eigenvalue weighted by molar-refractivity contribution is 1.01. The Hall–Kier alpha value is -2.83. The Morgan fingerprint density at radius 2 is 1.83 bits per heavy atom. The van der Waals surface area contributed by atoms with Gasteiger partial charge >= 0.3 is 5.69 Å². The number of H-pyrrole nitrogens is 1. The molecule has 0 unspecified atom stereocenters. The zero-order chi connectivity index (χ0) is 12.5. The van der Waals surface area contributed by atoms with Crippen molar-refractivity contribution in [1.82, 2.24) is 24.9 Å². The van der Waals surface area contributed by atoms with Crippen molar-refractivity contribution in [1.29, 1.82) is 0 Å². The van der Waals surface area contributed by atoms with Gasteiger partial charge in [-0.1, -0.05) is 0 Å². The maximum atomic E-state index is 11.2. The third kappa shape index (κ3) is 1.77. The van der Waals surface area contributed by atoms with Crippen molar-refractivity contribution in [2.45, 2.75) is 0 Å². The summed E-state index contributed by atoms with van der Waals surface area (Å²) >= 11 is 0. The lowest BCUT2D eigenvalue weighted by Crippen LogP contribution is -2.15. The molecule has 0 aliphatic heterocycles. The Labute approximate surface area is 101 Å². The lowest BCUT2D eigenvalue weighted by Gasteiger charge is -2.02. The molecule has 0 radical (unpaired) electrons. The molecule has 3 N–H and O–H groups in total. The van der Waals surface area contributed by atoms with E-state index in [1.54, 1.807) is 30.6 Å². The number of anilines is 1. The number of benzene rings is 1. The summed E-state index contributed by atoms with van der Waals surface area (Å²) < 4.78 is 0. The summed E-state index contributed by atoms with van der Waals surface area (Å²) in [6, 6.07) is 5.36. The van der Waals surface area contributed by atoms with Crippen LogP contribution in [0.1, 0.15) is 0 Å². The van der Waals surface area contributed by atoms with Crippen LogP contribution in [0.15, 0.2) is 35.4 Å². The number of hydrogen-bond acceptors (Lipinski definition) is 6. The number of nitrogens with two attached hydrogens (primary N) is 1. The predicted octanol–water partition coefficient (Wildman–Crippen LogP) is 0.357.